The first-order valence-corrected chi connectivity index (χ1v) is 6.55. The first kappa shape index (κ1) is 16.4. The molecular formula is C13H23N3O2. The van der Waals surface area contributed by atoms with E-state index in [9.17, 15) is 9.59 Å². The Kier molecular flexibility index (Phi) is 8.63. The molecule has 0 spiro atoms. The normalized spacial score (nSPS) is 11.4. The van der Waals surface area contributed by atoms with Gasteiger partial charge in [-0.2, -0.15) is 5.26 Å². The van der Waals surface area contributed by atoms with Crippen molar-refractivity contribution in [2.45, 2.75) is 40.0 Å². The van der Waals surface area contributed by atoms with Crippen molar-refractivity contribution in [3.63, 3.8) is 0 Å². The van der Waals surface area contributed by atoms with Gasteiger partial charge in [0.2, 0.25) is 11.8 Å². The molecule has 0 aromatic heterocycles. The van der Waals surface area contributed by atoms with Gasteiger partial charge in [0.1, 0.15) is 5.92 Å². The van der Waals surface area contributed by atoms with Gasteiger partial charge in [0.15, 0.2) is 0 Å². The van der Waals surface area contributed by atoms with E-state index in [0.717, 1.165) is 6.42 Å². The van der Waals surface area contributed by atoms with E-state index in [4.69, 9.17) is 5.26 Å². The molecule has 0 aliphatic rings. The fraction of sp³-hybridized carbons (Fsp3) is 0.769. The van der Waals surface area contributed by atoms with E-state index >= 15 is 0 Å². The third-order valence-corrected chi connectivity index (χ3v) is 2.80. The topological polar surface area (TPSA) is 73.2 Å². The largest absolute Gasteiger partial charge is 0.354 e. The van der Waals surface area contributed by atoms with Gasteiger partial charge in [-0.05, 0) is 20.3 Å². The van der Waals surface area contributed by atoms with Gasteiger partial charge in [0.25, 0.3) is 0 Å². The Balaban J connectivity index is 4.00. The molecule has 18 heavy (non-hydrogen) atoms. The number of carbonyl (C=O) groups excluding carboxylic acids is 2. The SMILES string of the molecule is CCCC(C#N)C(=O)NCCC(=O)N(CC)CC. The third kappa shape index (κ3) is 5.67. The predicted molar refractivity (Wildman–Crippen MR) is 69.6 cm³/mol. The van der Waals surface area contributed by atoms with Crippen molar-refractivity contribution in [2.75, 3.05) is 19.6 Å². The average molecular weight is 253 g/mol. The van der Waals surface area contributed by atoms with E-state index in [2.05, 4.69) is 5.32 Å². The molecule has 0 aliphatic carbocycles. The summed E-state index contributed by atoms with van der Waals surface area (Å²) in [6.45, 7) is 7.44. The summed E-state index contributed by atoms with van der Waals surface area (Å²) in [6.07, 6.45) is 1.65. The zero-order valence-corrected chi connectivity index (χ0v) is 11.5. The molecule has 0 fully saturated rings. The number of amides is 2. The van der Waals surface area contributed by atoms with Crippen LogP contribution in [0.15, 0.2) is 0 Å². The van der Waals surface area contributed by atoms with Crippen LogP contribution >= 0.6 is 0 Å². The minimum absolute atomic E-state index is 0.0318. The van der Waals surface area contributed by atoms with Crippen LogP contribution in [0.5, 0.6) is 0 Å². The van der Waals surface area contributed by atoms with Crippen LogP contribution in [0.2, 0.25) is 0 Å². The van der Waals surface area contributed by atoms with E-state index in [1.54, 1.807) is 4.90 Å². The molecule has 0 aliphatic heterocycles. The number of hydrogen-bond acceptors (Lipinski definition) is 3. The van der Waals surface area contributed by atoms with Crippen molar-refractivity contribution in [1.82, 2.24) is 10.2 Å². The van der Waals surface area contributed by atoms with E-state index in [0.29, 0.717) is 26.1 Å². The molecule has 1 atom stereocenters. The van der Waals surface area contributed by atoms with Crippen molar-refractivity contribution in [1.29, 1.82) is 5.26 Å². The smallest absolute Gasteiger partial charge is 0.237 e. The highest BCUT2D eigenvalue weighted by atomic mass is 16.2. The summed E-state index contributed by atoms with van der Waals surface area (Å²) in [7, 11) is 0. The number of carbonyl (C=O) groups is 2. The monoisotopic (exact) mass is 253 g/mol. The molecule has 5 heteroatoms. The van der Waals surface area contributed by atoms with Crippen LogP contribution in [-0.2, 0) is 9.59 Å². The zero-order chi connectivity index (χ0) is 14.0. The zero-order valence-electron chi connectivity index (χ0n) is 11.5. The maximum absolute atomic E-state index is 11.7. The number of hydrogen-bond donors (Lipinski definition) is 1. The summed E-state index contributed by atoms with van der Waals surface area (Å²) in [5, 5.41) is 11.5. The fourth-order valence-electron chi connectivity index (χ4n) is 1.69. The van der Waals surface area contributed by atoms with Crippen LogP contribution in [0.4, 0.5) is 0 Å². The van der Waals surface area contributed by atoms with Gasteiger partial charge >= 0.3 is 0 Å². The summed E-state index contributed by atoms with van der Waals surface area (Å²) < 4.78 is 0. The summed E-state index contributed by atoms with van der Waals surface area (Å²) in [5.74, 6) is -0.838. The van der Waals surface area contributed by atoms with E-state index in [1.165, 1.54) is 0 Å². The fourth-order valence-corrected chi connectivity index (χ4v) is 1.69. The quantitative estimate of drug-likeness (QED) is 0.708. The molecule has 0 aromatic carbocycles. The second-order valence-corrected chi connectivity index (χ2v) is 4.08. The molecule has 0 aromatic rings. The van der Waals surface area contributed by atoms with E-state index < -0.39 is 5.92 Å². The van der Waals surface area contributed by atoms with Crippen molar-refractivity contribution < 1.29 is 9.59 Å². The first-order chi connectivity index (χ1) is 8.60. The van der Waals surface area contributed by atoms with Crippen LogP contribution in [0.3, 0.4) is 0 Å². The van der Waals surface area contributed by atoms with E-state index in [-0.39, 0.29) is 18.2 Å². The Labute approximate surface area is 109 Å². The van der Waals surface area contributed by atoms with E-state index in [1.807, 2.05) is 26.8 Å². The third-order valence-electron chi connectivity index (χ3n) is 2.80. The molecule has 0 saturated carbocycles. The molecule has 1 N–H and O–H groups in total. The standard InChI is InChI=1S/C13H23N3O2/c1-4-7-11(10-14)13(18)15-9-8-12(17)16(5-2)6-3/h11H,4-9H2,1-3H3,(H,15,18). The summed E-state index contributed by atoms with van der Waals surface area (Å²) in [5.41, 5.74) is 0. The molecule has 0 rings (SSSR count). The maximum Gasteiger partial charge on any atom is 0.237 e. The molecule has 5 nitrogen and oxygen atoms in total. The van der Waals surface area contributed by atoms with Crippen LogP contribution in [0, 0.1) is 17.2 Å². The van der Waals surface area contributed by atoms with Crippen LogP contribution in [-0.4, -0.2) is 36.3 Å². The Morgan fingerprint density at radius 1 is 1.28 bits per heavy atom. The number of nitriles is 1. The molecule has 0 bridgehead atoms. The summed E-state index contributed by atoms with van der Waals surface area (Å²) in [4.78, 5) is 25.0. The van der Waals surface area contributed by atoms with Crippen LogP contribution in [0.25, 0.3) is 0 Å². The Hall–Kier alpha value is -1.57. The lowest BCUT2D eigenvalue weighted by atomic mass is 10.1. The van der Waals surface area contributed by atoms with Crippen molar-refractivity contribution in [3.05, 3.63) is 0 Å². The number of nitrogens with zero attached hydrogens (tertiary/aromatic N) is 2. The molecule has 102 valence electrons. The summed E-state index contributed by atoms with van der Waals surface area (Å²) >= 11 is 0. The second kappa shape index (κ2) is 9.46. The molecule has 0 saturated heterocycles. The number of nitrogens with one attached hydrogen (secondary N) is 1. The molecular weight excluding hydrogens is 230 g/mol. The van der Waals surface area contributed by atoms with Gasteiger partial charge in [-0.3, -0.25) is 9.59 Å². The maximum atomic E-state index is 11.7. The highest BCUT2D eigenvalue weighted by Gasteiger charge is 2.16. The summed E-state index contributed by atoms with van der Waals surface area (Å²) in [6, 6.07) is 1.98. The predicted octanol–water partition coefficient (Wildman–Crippen LogP) is 1.30. The minimum atomic E-state index is -0.599. The van der Waals surface area contributed by atoms with Gasteiger partial charge in [-0.1, -0.05) is 13.3 Å². The molecule has 2 amide bonds. The van der Waals surface area contributed by atoms with Crippen molar-refractivity contribution in [3.8, 4) is 6.07 Å². The molecule has 0 heterocycles. The van der Waals surface area contributed by atoms with Gasteiger partial charge < -0.3 is 10.2 Å². The first-order valence-electron chi connectivity index (χ1n) is 6.55. The second-order valence-electron chi connectivity index (χ2n) is 4.08. The number of rotatable bonds is 8. The van der Waals surface area contributed by atoms with Crippen molar-refractivity contribution in [2.24, 2.45) is 5.92 Å². The van der Waals surface area contributed by atoms with Gasteiger partial charge in [0, 0.05) is 26.1 Å². The highest BCUT2D eigenvalue weighted by Crippen LogP contribution is 2.04. The Morgan fingerprint density at radius 2 is 1.89 bits per heavy atom. The van der Waals surface area contributed by atoms with Gasteiger partial charge in [-0.15, -0.1) is 0 Å². The Bertz CT molecular complexity index is 306. The van der Waals surface area contributed by atoms with Gasteiger partial charge in [-0.25, -0.2) is 0 Å². The lowest BCUT2D eigenvalue weighted by molar-refractivity contribution is -0.130. The lowest BCUT2D eigenvalue weighted by Crippen LogP contribution is -2.36. The van der Waals surface area contributed by atoms with Gasteiger partial charge in [0.05, 0.1) is 6.07 Å². The molecule has 0 radical (unpaired) electrons. The lowest BCUT2D eigenvalue weighted by Gasteiger charge is -2.18. The Morgan fingerprint density at radius 3 is 2.33 bits per heavy atom. The minimum Gasteiger partial charge on any atom is -0.354 e. The van der Waals surface area contributed by atoms with Crippen LogP contribution in [0.1, 0.15) is 40.0 Å². The van der Waals surface area contributed by atoms with Crippen molar-refractivity contribution >= 4 is 11.8 Å². The molecule has 1 unspecified atom stereocenters. The highest BCUT2D eigenvalue weighted by molar-refractivity contribution is 5.82. The van der Waals surface area contributed by atoms with Crippen LogP contribution < -0.4 is 5.32 Å². The average Bonchev–Trinajstić information content (AvgIpc) is 2.37.